The fourth-order valence-electron chi connectivity index (χ4n) is 3.47. The maximum Gasteiger partial charge on any atom is 0.213 e. The molecule has 3 heterocycles. The molecule has 2 aromatic heterocycles. The summed E-state index contributed by atoms with van der Waals surface area (Å²) in [7, 11) is 16.3. The largest absolute Gasteiger partial charge is 0.475 e. The van der Waals surface area contributed by atoms with Gasteiger partial charge in [0.25, 0.3) is 0 Å². The molecule has 0 spiro atoms. The van der Waals surface area contributed by atoms with Crippen LogP contribution < -0.4 is 10.1 Å². The number of nitriles is 2. The normalized spacial score (nSPS) is 16.5. The third kappa shape index (κ3) is 6.73. The van der Waals surface area contributed by atoms with Crippen LogP contribution in [0.3, 0.4) is 0 Å². The summed E-state index contributed by atoms with van der Waals surface area (Å²) in [6.45, 7) is 3.27. The van der Waals surface area contributed by atoms with Crippen LogP contribution in [0, 0.1) is 28.6 Å². The molecule has 1 aliphatic carbocycles. The Morgan fingerprint density at radius 3 is 2.51 bits per heavy atom. The molecule has 0 bridgehead atoms. The highest BCUT2D eigenvalue weighted by molar-refractivity contribution is 7.99. The zero-order chi connectivity index (χ0) is 25.0. The molecule has 1 unspecified atom stereocenters. The van der Waals surface area contributed by atoms with Crippen molar-refractivity contribution in [3.05, 3.63) is 29.5 Å². The van der Waals surface area contributed by atoms with Crippen molar-refractivity contribution >= 4 is 41.1 Å². The van der Waals surface area contributed by atoms with Gasteiger partial charge in [0.1, 0.15) is 35.2 Å². The van der Waals surface area contributed by atoms with Gasteiger partial charge in [-0.2, -0.15) is 10.5 Å². The number of hydrogen-bond acceptors (Lipinski definition) is 9. The molecular formula is C23H22B3N5O3S. The van der Waals surface area contributed by atoms with Gasteiger partial charge in [0, 0.05) is 41.1 Å². The molecule has 1 N–H and O–H groups in total. The first-order valence-corrected chi connectivity index (χ1v) is 12.2. The number of rotatable bonds is 11. The number of pyridine rings is 2. The number of aromatic nitrogens is 2. The standard InChI is InChI=1S/C23H22B3N5O3S/c1-13(34-23(24,25)26)9-33-19-5-2-15(8-29-19)20-17(6-27)21(30-16-3-4-16)31-22(18(20)7-28)35-12-14-10-32-11-14/h2,5,8,13-14,16H,3-4,9-12H2,1H3,(H,30,31). The second kappa shape index (κ2) is 10.9. The van der Waals surface area contributed by atoms with Crippen molar-refractivity contribution in [3.8, 4) is 29.1 Å². The first kappa shape index (κ1) is 25.4. The number of nitrogens with zero attached hydrogens (tertiary/aromatic N) is 4. The highest BCUT2D eigenvalue weighted by Gasteiger charge is 2.28. The molecule has 8 nitrogen and oxygen atoms in total. The smallest absolute Gasteiger partial charge is 0.213 e. The topological polar surface area (TPSA) is 113 Å². The maximum atomic E-state index is 10.0. The Morgan fingerprint density at radius 2 is 1.97 bits per heavy atom. The number of thioether (sulfide) groups is 1. The van der Waals surface area contributed by atoms with Crippen LogP contribution in [-0.4, -0.2) is 76.5 Å². The first-order chi connectivity index (χ1) is 16.8. The second-order valence-electron chi connectivity index (χ2n) is 8.73. The Kier molecular flexibility index (Phi) is 7.96. The van der Waals surface area contributed by atoms with E-state index < -0.39 is 11.4 Å². The molecule has 2 aliphatic rings. The van der Waals surface area contributed by atoms with E-state index in [1.807, 2.05) is 0 Å². The van der Waals surface area contributed by atoms with Gasteiger partial charge in [-0.1, -0.05) is 0 Å². The van der Waals surface area contributed by atoms with Crippen LogP contribution in [0.15, 0.2) is 23.4 Å². The molecule has 1 saturated carbocycles. The van der Waals surface area contributed by atoms with E-state index in [1.165, 1.54) is 11.8 Å². The zero-order valence-electron chi connectivity index (χ0n) is 19.4. The quantitative estimate of drug-likeness (QED) is 0.381. The van der Waals surface area contributed by atoms with Gasteiger partial charge in [-0.25, -0.2) is 9.97 Å². The van der Waals surface area contributed by atoms with Crippen molar-refractivity contribution in [1.82, 2.24) is 9.97 Å². The summed E-state index contributed by atoms with van der Waals surface area (Å²) in [5.41, 5.74) is 1.81. The Labute approximate surface area is 213 Å². The van der Waals surface area contributed by atoms with E-state index in [2.05, 4.69) is 27.4 Å². The van der Waals surface area contributed by atoms with E-state index >= 15 is 0 Å². The predicted octanol–water partition coefficient (Wildman–Crippen LogP) is 2.10. The molecule has 2 fully saturated rings. The van der Waals surface area contributed by atoms with Crippen LogP contribution in [0.25, 0.3) is 11.1 Å². The molecule has 172 valence electrons. The SMILES string of the molecule is [B]C([B])([B])OC(C)COc1ccc(-c2c(C#N)c(NC3CC3)nc(SCC3COC3)c2C#N)cn1. The van der Waals surface area contributed by atoms with Gasteiger partial charge in [0.2, 0.25) is 5.88 Å². The number of anilines is 1. The van der Waals surface area contributed by atoms with Crippen molar-refractivity contribution in [2.45, 2.75) is 42.2 Å². The molecule has 1 aliphatic heterocycles. The fourth-order valence-corrected chi connectivity index (χ4v) is 4.51. The van der Waals surface area contributed by atoms with Crippen molar-refractivity contribution in [2.75, 3.05) is 30.9 Å². The summed E-state index contributed by atoms with van der Waals surface area (Å²) in [6.07, 6.45) is 3.16. The Balaban J connectivity index is 1.61. The second-order valence-corrected chi connectivity index (χ2v) is 9.73. The molecule has 4 rings (SSSR count). The summed E-state index contributed by atoms with van der Waals surface area (Å²) in [4.78, 5) is 9.03. The molecule has 0 aromatic carbocycles. The van der Waals surface area contributed by atoms with E-state index in [9.17, 15) is 10.5 Å². The lowest BCUT2D eigenvalue weighted by molar-refractivity contribution is -0.0196. The van der Waals surface area contributed by atoms with Gasteiger partial charge >= 0.3 is 0 Å². The lowest BCUT2D eigenvalue weighted by Gasteiger charge is -2.26. The average Bonchev–Trinajstić information content (AvgIpc) is 3.59. The molecule has 2 aromatic rings. The summed E-state index contributed by atoms with van der Waals surface area (Å²) < 4.78 is 16.1. The lowest BCUT2D eigenvalue weighted by atomic mass is 9.52. The Hall–Kier alpha value is -2.66. The maximum absolute atomic E-state index is 10.0. The molecular weight excluding hydrogens is 459 g/mol. The molecule has 6 radical (unpaired) electrons. The average molecular weight is 481 g/mol. The van der Waals surface area contributed by atoms with Crippen LogP contribution >= 0.6 is 11.8 Å². The van der Waals surface area contributed by atoms with Crippen LogP contribution in [0.2, 0.25) is 0 Å². The zero-order valence-corrected chi connectivity index (χ0v) is 20.2. The lowest BCUT2D eigenvalue weighted by Crippen LogP contribution is -2.39. The van der Waals surface area contributed by atoms with E-state index in [0.717, 1.165) is 18.6 Å². The fraction of sp³-hybridized carbons (Fsp3) is 0.478. The molecule has 0 amide bonds. The minimum absolute atomic E-state index is 0.128. The van der Waals surface area contributed by atoms with Crippen molar-refractivity contribution in [3.63, 3.8) is 0 Å². The van der Waals surface area contributed by atoms with Crippen molar-refractivity contribution in [2.24, 2.45) is 5.92 Å². The summed E-state index contributed by atoms with van der Waals surface area (Å²) in [5.74, 6) is 2.05. The van der Waals surface area contributed by atoms with Gasteiger partial charge < -0.3 is 19.5 Å². The van der Waals surface area contributed by atoms with Gasteiger partial charge in [-0.15, -0.1) is 11.8 Å². The number of nitrogens with one attached hydrogen (secondary N) is 1. The molecule has 12 heteroatoms. The number of ether oxygens (including phenoxy) is 3. The van der Waals surface area contributed by atoms with Gasteiger partial charge in [-0.05, 0) is 31.1 Å². The van der Waals surface area contributed by atoms with Crippen molar-refractivity contribution in [1.29, 1.82) is 10.5 Å². The monoisotopic (exact) mass is 481 g/mol. The van der Waals surface area contributed by atoms with Crippen LogP contribution in [0.1, 0.15) is 30.9 Å². The van der Waals surface area contributed by atoms with E-state index in [4.69, 9.17) is 37.7 Å². The van der Waals surface area contributed by atoms with E-state index in [-0.39, 0.29) is 6.61 Å². The minimum atomic E-state index is -1.75. The van der Waals surface area contributed by atoms with Crippen LogP contribution in [0.5, 0.6) is 5.88 Å². The molecule has 1 saturated heterocycles. The minimum Gasteiger partial charge on any atom is -0.475 e. The van der Waals surface area contributed by atoms with Crippen LogP contribution in [-0.2, 0) is 9.47 Å². The highest BCUT2D eigenvalue weighted by atomic mass is 32.2. The third-order valence-corrected chi connectivity index (χ3v) is 6.57. The van der Waals surface area contributed by atoms with E-state index in [1.54, 1.807) is 25.3 Å². The highest BCUT2D eigenvalue weighted by Crippen LogP contribution is 2.39. The Bertz CT molecular complexity index is 1140. The van der Waals surface area contributed by atoms with Crippen LogP contribution in [0.4, 0.5) is 5.82 Å². The molecule has 35 heavy (non-hydrogen) atoms. The Morgan fingerprint density at radius 1 is 1.23 bits per heavy atom. The van der Waals surface area contributed by atoms with Gasteiger partial charge in [0.15, 0.2) is 0 Å². The summed E-state index contributed by atoms with van der Waals surface area (Å²) in [5, 5.41) is 22.2. The third-order valence-electron chi connectivity index (χ3n) is 5.36. The van der Waals surface area contributed by atoms with Crippen molar-refractivity contribution < 1.29 is 14.2 Å². The number of hydrogen-bond donors (Lipinski definition) is 1. The summed E-state index contributed by atoms with van der Waals surface area (Å²) >= 11 is 1.51. The van der Waals surface area contributed by atoms with Gasteiger partial charge in [-0.3, -0.25) is 0 Å². The summed E-state index contributed by atoms with van der Waals surface area (Å²) in [6, 6.07) is 8.23. The molecule has 1 atom stereocenters. The predicted molar refractivity (Wildman–Crippen MR) is 135 cm³/mol. The van der Waals surface area contributed by atoms with E-state index in [0.29, 0.717) is 64.2 Å². The first-order valence-electron chi connectivity index (χ1n) is 11.3. The van der Waals surface area contributed by atoms with Gasteiger partial charge in [0.05, 0.1) is 48.4 Å².